The van der Waals surface area contributed by atoms with E-state index >= 15 is 0 Å². The molecule has 0 saturated carbocycles. The summed E-state index contributed by atoms with van der Waals surface area (Å²) in [5, 5.41) is 3.64. The number of halogens is 1. The van der Waals surface area contributed by atoms with Crippen molar-refractivity contribution < 1.29 is 14.3 Å². The van der Waals surface area contributed by atoms with Gasteiger partial charge in [0.15, 0.2) is 0 Å². The smallest absolute Gasteiger partial charge is 0.409 e. The average Bonchev–Trinajstić information content (AvgIpc) is 2.55. The first-order chi connectivity index (χ1) is 11.5. The summed E-state index contributed by atoms with van der Waals surface area (Å²) in [5.41, 5.74) is 0.975. The molecule has 1 atom stereocenters. The zero-order valence-electron chi connectivity index (χ0n) is 14.1. The Morgan fingerprint density at radius 3 is 2.62 bits per heavy atom. The summed E-state index contributed by atoms with van der Waals surface area (Å²) < 4.78 is 4.99. The summed E-state index contributed by atoms with van der Waals surface area (Å²) in [4.78, 5) is 27.6. The summed E-state index contributed by atoms with van der Waals surface area (Å²) >= 11 is 5.98. The minimum Gasteiger partial charge on any atom is -0.450 e. The average molecular weight is 354 g/mol. The molecule has 0 aromatic heterocycles. The van der Waals surface area contributed by atoms with Crippen molar-refractivity contribution in [3.05, 3.63) is 34.9 Å². The van der Waals surface area contributed by atoms with E-state index < -0.39 is 0 Å². The SMILES string of the molecule is CCOC(=O)N1CCN(CC(=O)N[C@@H](C)c2cccc(Cl)c2)CC1. The molecule has 0 unspecified atom stereocenters. The van der Waals surface area contributed by atoms with Gasteiger partial charge in [0.1, 0.15) is 0 Å². The fourth-order valence-corrected chi connectivity index (χ4v) is 2.85. The van der Waals surface area contributed by atoms with Crippen molar-refractivity contribution in [1.29, 1.82) is 0 Å². The van der Waals surface area contributed by atoms with Crippen molar-refractivity contribution in [2.24, 2.45) is 0 Å². The number of benzene rings is 1. The van der Waals surface area contributed by atoms with Crippen molar-refractivity contribution in [2.45, 2.75) is 19.9 Å². The van der Waals surface area contributed by atoms with E-state index in [1.807, 2.05) is 36.1 Å². The van der Waals surface area contributed by atoms with Gasteiger partial charge in [-0.2, -0.15) is 0 Å². The van der Waals surface area contributed by atoms with E-state index in [9.17, 15) is 9.59 Å². The molecular weight excluding hydrogens is 330 g/mol. The fourth-order valence-electron chi connectivity index (χ4n) is 2.65. The standard InChI is InChI=1S/C17H24ClN3O3/c1-3-24-17(23)21-9-7-20(8-10-21)12-16(22)19-13(2)14-5-4-6-15(18)11-14/h4-6,11,13H,3,7-10,12H2,1-2H3,(H,19,22)/t13-/m0/s1. The normalized spacial score (nSPS) is 16.5. The van der Waals surface area contributed by atoms with Crippen LogP contribution in [0.15, 0.2) is 24.3 Å². The molecule has 132 valence electrons. The number of carbonyl (C=O) groups excluding carboxylic acids is 2. The molecule has 24 heavy (non-hydrogen) atoms. The molecule has 1 aromatic rings. The number of rotatable bonds is 5. The van der Waals surface area contributed by atoms with Crippen LogP contribution in [0.25, 0.3) is 0 Å². The van der Waals surface area contributed by atoms with Gasteiger partial charge in [-0.15, -0.1) is 0 Å². The minimum atomic E-state index is -0.281. The zero-order valence-corrected chi connectivity index (χ0v) is 14.9. The molecule has 1 saturated heterocycles. The first kappa shape index (κ1) is 18.5. The van der Waals surface area contributed by atoms with Gasteiger partial charge in [0.2, 0.25) is 5.91 Å². The molecule has 0 bridgehead atoms. The number of nitrogens with zero attached hydrogens (tertiary/aromatic N) is 2. The number of carbonyl (C=O) groups is 2. The molecule has 1 aromatic carbocycles. The van der Waals surface area contributed by atoms with E-state index in [-0.39, 0.29) is 18.0 Å². The van der Waals surface area contributed by atoms with Gasteiger partial charge in [-0.3, -0.25) is 9.69 Å². The molecule has 0 radical (unpaired) electrons. The largest absolute Gasteiger partial charge is 0.450 e. The molecule has 1 aliphatic heterocycles. The van der Waals surface area contributed by atoms with Gasteiger partial charge < -0.3 is 15.0 Å². The molecule has 2 amide bonds. The number of hydrogen-bond donors (Lipinski definition) is 1. The quantitative estimate of drug-likeness (QED) is 0.882. The van der Waals surface area contributed by atoms with Gasteiger partial charge in [-0.1, -0.05) is 23.7 Å². The topological polar surface area (TPSA) is 61.9 Å². The number of amides is 2. The van der Waals surface area contributed by atoms with E-state index in [1.54, 1.807) is 11.8 Å². The van der Waals surface area contributed by atoms with Gasteiger partial charge in [0.25, 0.3) is 0 Å². The highest BCUT2D eigenvalue weighted by Gasteiger charge is 2.23. The molecule has 7 heteroatoms. The van der Waals surface area contributed by atoms with Crippen molar-refractivity contribution >= 4 is 23.6 Å². The number of piperazine rings is 1. The molecule has 1 aliphatic rings. The monoisotopic (exact) mass is 353 g/mol. The third kappa shape index (κ3) is 5.39. The molecule has 1 heterocycles. The molecule has 0 spiro atoms. The van der Waals surface area contributed by atoms with Crippen molar-refractivity contribution in [2.75, 3.05) is 39.3 Å². The van der Waals surface area contributed by atoms with Crippen LogP contribution in [0.3, 0.4) is 0 Å². The van der Waals surface area contributed by atoms with E-state index in [2.05, 4.69) is 5.32 Å². The number of ether oxygens (including phenoxy) is 1. The van der Waals surface area contributed by atoms with E-state index in [0.717, 1.165) is 5.56 Å². The molecule has 6 nitrogen and oxygen atoms in total. The van der Waals surface area contributed by atoms with Crippen LogP contribution in [0.2, 0.25) is 5.02 Å². The van der Waals surface area contributed by atoms with Gasteiger partial charge in [0, 0.05) is 31.2 Å². The lowest BCUT2D eigenvalue weighted by molar-refractivity contribution is -0.123. The lowest BCUT2D eigenvalue weighted by Crippen LogP contribution is -2.51. The van der Waals surface area contributed by atoms with Gasteiger partial charge in [-0.05, 0) is 31.5 Å². The number of nitrogens with one attached hydrogen (secondary N) is 1. The van der Waals surface area contributed by atoms with Crippen LogP contribution in [0.4, 0.5) is 4.79 Å². The summed E-state index contributed by atoms with van der Waals surface area (Å²) in [6.07, 6.45) is -0.281. The second kappa shape index (κ2) is 8.89. The Kier molecular flexibility index (Phi) is 6.87. The third-order valence-corrected chi connectivity index (χ3v) is 4.23. The summed E-state index contributed by atoms with van der Waals surface area (Å²) in [5.74, 6) is -0.0351. The van der Waals surface area contributed by atoms with Crippen LogP contribution in [-0.4, -0.2) is 61.1 Å². The van der Waals surface area contributed by atoms with Crippen molar-refractivity contribution in [3.63, 3.8) is 0 Å². The Balaban J connectivity index is 1.76. The van der Waals surface area contributed by atoms with E-state index in [0.29, 0.717) is 44.4 Å². The second-order valence-corrected chi connectivity index (χ2v) is 6.24. The first-order valence-corrected chi connectivity index (χ1v) is 8.56. The Morgan fingerprint density at radius 2 is 2.00 bits per heavy atom. The molecule has 0 aliphatic carbocycles. The van der Waals surface area contributed by atoms with E-state index in [4.69, 9.17) is 16.3 Å². The Labute approximate surface area is 147 Å². The van der Waals surface area contributed by atoms with Crippen LogP contribution in [0.5, 0.6) is 0 Å². The predicted molar refractivity (Wildman–Crippen MR) is 93.0 cm³/mol. The predicted octanol–water partition coefficient (Wildman–Crippen LogP) is 2.29. The third-order valence-electron chi connectivity index (χ3n) is 3.99. The van der Waals surface area contributed by atoms with Crippen LogP contribution >= 0.6 is 11.6 Å². The minimum absolute atomic E-state index is 0.0351. The lowest BCUT2D eigenvalue weighted by Gasteiger charge is -2.33. The highest BCUT2D eigenvalue weighted by molar-refractivity contribution is 6.30. The van der Waals surface area contributed by atoms with Crippen molar-refractivity contribution in [3.8, 4) is 0 Å². The fraction of sp³-hybridized carbons (Fsp3) is 0.529. The molecule has 1 N–H and O–H groups in total. The van der Waals surface area contributed by atoms with Gasteiger partial charge >= 0.3 is 6.09 Å². The highest BCUT2D eigenvalue weighted by Crippen LogP contribution is 2.17. The van der Waals surface area contributed by atoms with Crippen molar-refractivity contribution in [1.82, 2.24) is 15.1 Å². The van der Waals surface area contributed by atoms with Gasteiger partial charge in [0.05, 0.1) is 19.2 Å². The Bertz CT molecular complexity index is 574. The van der Waals surface area contributed by atoms with Crippen LogP contribution < -0.4 is 5.32 Å². The number of hydrogen-bond acceptors (Lipinski definition) is 4. The molecular formula is C17H24ClN3O3. The van der Waals surface area contributed by atoms with Crippen LogP contribution in [0.1, 0.15) is 25.5 Å². The maximum Gasteiger partial charge on any atom is 0.409 e. The molecule has 2 rings (SSSR count). The Hall–Kier alpha value is -1.79. The summed E-state index contributed by atoms with van der Waals surface area (Å²) in [6.45, 7) is 6.91. The summed E-state index contributed by atoms with van der Waals surface area (Å²) in [6, 6.07) is 7.37. The van der Waals surface area contributed by atoms with Crippen LogP contribution in [-0.2, 0) is 9.53 Å². The first-order valence-electron chi connectivity index (χ1n) is 8.18. The molecule has 1 fully saturated rings. The van der Waals surface area contributed by atoms with Crippen LogP contribution in [0, 0.1) is 0 Å². The van der Waals surface area contributed by atoms with Gasteiger partial charge in [-0.25, -0.2) is 4.79 Å². The highest BCUT2D eigenvalue weighted by atomic mass is 35.5. The second-order valence-electron chi connectivity index (χ2n) is 5.81. The lowest BCUT2D eigenvalue weighted by atomic mass is 10.1. The maximum atomic E-state index is 12.2. The maximum absolute atomic E-state index is 12.2. The van der Waals surface area contributed by atoms with E-state index in [1.165, 1.54) is 0 Å². The zero-order chi connectivity index (χ0) is 17.5. The summed E-state index contributed by atoms with van der Waals surface area (Å²) in [7, 11) is 0. The Morgan fingerprint density at radius 1 is 1.29 bits per heavy atom.